The number of hydrogen-bond acceptors (Lipinski definition) is 3. The van der Waals surface area contributed by atoms with Crippen LogP contribution in [0, 0.1) is 0 Å². The van der Waals surface area contributed by atoms with Crippen LogP contribution >= 0.6 is 15.9 Å². The lowest BCUT2D eigenvalue weighted by Gasteiger charge is -1.98. The number of pyridine rings is 1. The van der Waals surface area contributed by atoms with Gasteiger partial charge in [-0.05, 0) is 40.5 Å². The topological polar surface area (TPSA) is 47.8 Å². The monoisotopic (exact) mass is 293 g/mol. The maximum absolute atomic E-state index is 12.2. The summed E-state index contributed by atoms with van der Waals surface area (Å²) in [4.78, 5) is 16.2. The second-order valence-electron chi connectivity index (χ2n) is 3.67. The lowest BCUT2D eigenvalue weighted by atomic mass is 10.1. The van der Waals surface area contributed by atoms with Crippen molar-refractivity contribution in [1.29, 1.82) is 0 Å². The van der Waals surface area contributed by atoms with E-state index in [0.717, 1.165) is 12.1 Å². The van der Waals surface area contributed by atoms with Crippen molar-refractivity contribution >= 4 is 21.7 Å². The molecule has 0 fully saturated rings. The number of rotatable bonds is 3. The zero-order chi connectivity index (χ0) is 12.4. The van der Waals surface area contributed by atoms with Gasteiger partial charge in [-0.25, -0.2) is 4.98 Å². The highest BCUT2D eigenvalue weighted by Gasteiger charge is 2.16. The highest BCUT2D eigenvalue weighted by Crippen LogP contribution is 2.17. The maximum Gasteiger partial charge on any atom is 0.215 e. The molecule has 0 N–H and O–H groups in total. The third-order valence-corrected chi connectivity index (χ3v) is 3.21. The van der Waals surface area contributed by atoms with E-state index < -0.39 is 0 Å². The van der Waals surface area contributed by atoms with E-state index in [2.05, 4.69) is 26.0 Å². The fraction of sp³-hybridized carbons (Fsp3) is 0.250. The third kappa shape index (κ3) is 2.29. The highest BCUT2D eigenvalue weighted by atomic mass is 79.9. The van der Waals surface area contributed by atoms with E-state index in [1.165, 1.54) is 0 Å². The molecule has 0 atom stereocenters. The van der Waals surface area contributed by atoms with E-state index >= 15 is 0 Å². The minimum atomic E-state index is -0.111. The second-order valence-corrected chi connectivity index (χ2v) is 4.42. The molecule has 0 amide bonds. The van der Waals surface area contributed by atoms with Gasteiger partial charge in [-0.2, -0.15) is 5.10 Å². The lowest BCUT2D eigenvalue weighted by Crippen LogP contribution is -2.05. The van der Waals surface area contributed by atoms with Crippen molar-refractivity contribution in [2.24, 2.45) is 7.05 Å². The van der Waals surface area contributed by atoms with Crippen LogP contribution in [0.25, 0.3) is 0 Å². The summed E-state index contributed by atoms with van der Waals surface area (Å²) < 4.78 is 2.28. The average Bonchev–Trinajstić information content (AvgIpc) is 2.70. The van der Waals surface area contributed by atoms with Gasteiger partial charge in [-0.1, -0.05) is 6.92 Å². The molecule has 0 radical (unpaired) electrons. The number of nitrogens with zero attached hydrogens (tertiary/aromatic N) is 3. The van der Waals surface area contributed by atoms with Gasteiger partial charge in [-0.15, -0.1) is 0 Å². The van der Waals surface area contributed by atoms with Gasteiger partial charge >= 0.3 is 0 Å². The van der Waals surface area contributed by atoms with Crippen LogP contribution in [0.3, 0.4) is 0 Å². The Hall–Kier alpha value is -1.49. The summed E-state index contributed by atoms with van der Waals surface area (Å²) in [5, 5.41) is 4.22. The van der Waals surface area contributed by atoms with Crippen molar-refractivity contribution in [2.75, 3.05) is 0 Å². The van der Waals surface area contributed by atoms with Gasteiger partial charge in [0.2, 0.25) is 5.78 Å². The van der Waals surface area contributed by atoms with E-state index in [9.17, 15) is 4.79 Å². The Bertz CT molecular complexity index is 563. The third-order valence-electron chi connectivity index (χ3n) is 2.58. The van der Waals surface area contributed by atoms with Crippen LogP contribution in [-0.4, -0.2) is 20.5 Å². The van der Waals surface area contributed by atoms with Gasteiger partial charge in [-0.3, -0.25) is 9.48 Å². The number of hydrogen-bond donors (Lipinski definition) is 0. The van der Waals surface area contributed by atoms with E-state index in [1.54, 1.807) is 23.0 Å². The van der Waals surface area contributed by atoms with Gasteiger partial charge < -0.3 is 0 Å². The van der Waals surface area contributed by atoms with Crippen molar-refractivity contribution in [3.63, 3.8) is 0 Å². The van der Waals surface area contributed by atoms with Gasteiger partial charge in [0.25, 0.3) is 0 Å². The Morgan fingerprint density at radius 1 is 1.53 bits per heavy atom. The fourth-order valence-electron chi connectivity index (χ4n) is 1.64. The molecule has 2 rings (SSSR count). The van der Waals surface area contributed by atoms with E-state index in [-0.39, 0.29) is 5.78 Å². The molecule has 2 aromatic rings. The Labute approximate surface area is 108 Å². The lowest BCUT2D eigenvalue weighted by molar-refractivity contribution is 0.103. The molecule has 17 heavy (non-hydrogen) atoms. The SMILES string of the molecule is CCc1cc(C(=O)c2cccnc2Br)nn1C. The predicted molar refractivity (Wildman–Crippen MR) is 68.0 cm³/mol. The molecule has 0 spiro atoms. The smallest absolute Gasteiger partial charge is 0.215 e. The minimum Gasteiger partial charge on any atom is -0.287 e. The molecule has 5 heteroatoms. The first kappa shape index (κ1) is 12.0. The molecular weight excluding hydrogens is 282 g/mol. The number of aromatic nitrogens is 3. The number of carbonyl (C=O) groups is 1. The number of halogens is 1. The number of carbonyl (C=O) groups excluding carboxylic acids is 1. The zero-order valence-corrected chi connectivity index (χ0v) is 11.2. The first-order valence-electron chi connectivity index (χ1n) is 5.31. The quantitative estimate of drug-likeness (QED) is 0.645. The molecule has 2 aromatic heterocycles. The van der Waals surface area contributed by atoms with Gasteiger partial charge in [0.1, 0.15) is 10.3 Å². The molecular formula is C12H12BrN3O. The first-order valence-corrected chi connectivity index (χ1v) is 6.11. The molecule has 0 saturated carbocycles. The summed E-state index contributed by atoms with van der Waals surface area (Å²) >= 11 is 3.27. The van der Waals surface area contributed by atoms with E-state index in [1.807, 2.05) is 20.0 Å². The minimum absolute atomic E-state index is 0.111. The molecule has 0 unspecified atom stereocenters. The molecule has 0 saturated heterocycles. The normalized spacial score (nSPS) is 10.5. The second kappa shape index (κ2) is 4.79. The molecule has 88 valence electrons. The van der Waals surface area contributed by atoms with Crippen LogP contribution in [0.2, 0.25) is 0 Å². The summed E-state index contributed by atoms with van der Waals surface area (Å²) in [7, 11) is 1.84. The van der Waals surface area contributed by atoms with Crippen LogP contribution in [0.15, 0.2) is 29.0 Å². The summed E-state index contributed by atoms with van der Waals surface area (Å²) in [5.74, 6) is -0.111. The van der Waals surface area contributed by atoms with Crippen molar-refractivity contribution in [2.45, 2.75) is 13.3 Å². The summed E-state index contributed by atoms with van der Waals surface area (Å²) in [5.41, 5.74) is 2.03. The molecule has 4 nitrogen and oxygen atoms in total. The Balaban J connectivity index is 2.41. The van der Waals surface area contributed by atoms with Crippen molar-refractivity contribution in [1.82, 2.24) is 14.8 Å². The van der Waals surface area contributed by atoms with Crippen molar-refractivity contribution in [3.8, 4) is 0 Å². The van der Waals surface area contributed by atoms with Gasteiger partial charge in [0, 0.05) is 18.9 Å². The van der Waals surface area contributed by atoms with Crippen LogP contribution in [0.4, 0.5) is 0 Å². The predicted octanol–water partition coefficient (Wildman–Crippen LogP) is 2.37. The van der Waals surface area contributed by atoms with E-state index in [4.69, 9.17) is 0 Å². The number of ketones is 1. The zero-order valence-electron chi connectivity index (χ0n) is 9.64. The molecule has 2 heterocycles. The average molecular weight is 294 g/mol. The van der Waals surface area contributed by atoms with Crippen LogP contribution in [0.5, 0.6) is 0 Å². The molecule has 0 aliphatic heterocycles. The van der Waals surface area contributed by atoms with Gasteiger partial charge in [0.15, 0.2) is 0 Å². The van der Waals surface area contributed by atoms with Crippen molar-refractivity contribution < 1.29 is 4.79 Å². The Morgan fingerprint density at radius 3 is 2.88 bits per heavy atom. The van der Waals surface area contributed by atoms with Crippen LogP contribution in [0.1, 0.15) is 28.7 Å². The standard InChI is InChI=1S/C12H12BrN3O/c1-3-8-7-10(15-16(8)2)11(17)9-5-4-6-14-12(9)13/h4-7H,3H2,1-2H3. The molecule has 0 aliphatic rings. The van der Waals surface area contributed by atoms with E-state index in [0.29, 0.717) is 15.9 Å². The van der Waals surface area contributed by atoms with Crippen LogP contribution in [-0.2, 0) is 13.5 Å². The largest absolute Gasteiger partial charge is 0.287 e. The molecule has 0 bridgehead atoms. The summed E-state index contributed by atoms with van der Waals surface area (Å²) in [6.45, 7) is 2.03. The maximum atomic E-state index is 12.2. The van der Waals surface area contributed by atoms with Crippen molar-refractivity contribution in [3.05, 3.63) is 46.0 Å². The Morgan fingerprint density at radius 2 is 2.29 bits per heavy atom. The van der Waals surface area contributed by atoms with Gasteiger partial charge in [0.05, 0.1) is 5.56 Å². The first-order chi connectivity index (χ1) is 8.13. The summed E-state index contributed by atoms with van der Waals surface area (Å²) in [6, 6.07) is 5.29. The number of aryl methyl sites for hydroxylation is 2. The fourth-order valence-corrected chi connectivity index (χ4v) is 2.07. The van der Waals surface area contributed by atoms with Crippen LogP contribution < -0.4 is 0 Å². The Kier molecular flexibility index (Phi) is 3.38. The molecule has 0 aromatic carbocycles. The highest BCUT2D eigenvalue weighted by molar-refractivity contribution is 9.10. The molecule has 0 aliphatic carbocycles. The summed E-state index contributed by atoms with van der Waals surface area (Å²) in [6.07, 6.45) is 2.49.